The normalized spacial score (nSPS) is 10.8. The van der Waals surface area contributed by atoms with Crippen molar-refractivity contribution in [1.29, 1.82) is 0 Å². The highest BCUT2D eigenvalue weighted by Crippen LogP contribution is 2.29. The summed E-state index contributed by atoms with van der Waals surface area (Å²) in [6.45, 7) is 5.80. The van der Waals surface area contributed by atoms with Crippen molar-refractivity contribution in [2.75, 3.05) is 0 Å². The summed E-state index contributed by atoms with van der Waals surface area (Å²) in [6.07, 6.45) is 5.90. The number of allylic oxidation sites excluding steroid dienone is 1. The van der Waals surface area contributed by atoms with Crippen molar-refractivity contribution < 1.29 is 0 Å². The standard InChI is InChI=1S/C14H13NS/c1-3-8-13-12(4-2)15-14(16-13)11-9-6-5-7-10-11/h3-10H,2H2,1H3/b8-3-. The number of hydrogen-bond donors (Lipinski definition) is 0. The van der Waals surface area contributed by atoms with Crippen LogP contribution in [0.3, 0.4) is 0 Å². The van der Waals surface area contributed by atoms with E-state index in [-0.39, 0.29) is 0 Å². The topological polar surface area (TPSA) is 12.9 Å². The number of rotatable bonds is 3. The molecule has 0 saturated carbocycles. The lowest BCUT2D eigenvalue weighted by Gasteiger charge is -1.92. The Bertz CT molecular complexity index is 509. The molecular formula is C14H13NS. The van der Waals surface area contributed by atoms with Crippen LogP contribution in [0.2, 0.25) is 0 Å². The van der Waals surface area contributed by atoms with Crippen LogP contribution in [0.15, 0.2) is 43.0 Å². The third-order valence-corrected chi connectivity index (χ3v) is 3.30. The zero-order valence-electron chi connectivity index (χ0n) is 9.18. The van der Waals surface area contributed by atoms with E-state index in [4.69, 9.17) is 0 Å². The molecule has 0 aliphatic rings. The fourth-order valence-corrected chi connectivity index (χ4v) is 2.51. The molecule has 80 valence electrons. The zero-order valence-corrected chi connectivity index (χ0v) is 10.00. The van der Waals surface area contributed by atoms with Crippen LogP contribution in [-0.2, 0) is 0 Å². The number of hydrogen-bond acceptors (Lipinski definition) is 2. The van der Waals surface area contributed by atoms with Gasteiger partial charge < -0.3 is 0 Å². The quantitative estimate of drug-likeness (QED) is 0.753. The van der Waals surface area contributed by atoms with Gasteiger partial charge >= 0.3 is 0 Å². The van der Waals surface area contributed by atoms with E-state index in [1.165, 1.54) is 0 Å². The number of nitrogens with zero attached hydrogens (tertiary/aromatic N) is 1. The summed E-state index contributed by atoms with van der Waals surface area (Å²) in [7, 11) is 0. The van der Waals surface area contributed by atoms with Gasteiger partial charge in [-0.05, 0) is 19.1 Å². The fraction of sp³-hybridized carbons (Fsp3) is 0.0714. The molecule has 2 aromatic rings. The molecule has 1 nitrogen and oxygen atoms in total. The van der Waals surface area contributed by atoms with Gasteiger partial charge in [-0.1, -0.05) is 43.0 Å². The number of aromatic nitrogens is 1. The van der Waals surface area contributed by atoms with Crippen LogP contribution >= 0.6 is 11.3 Å². The van der Waals surface area contributed by atoms with Crippen molar-refractivity contribution in [3.8, 4) is 10.6 Å². The van der Waals surface area contributed by atoms with E-state index in [0.29, 0.717) is 0 Å². The molecule has 0 fully saturated rings. The van der Waals surface area contributed by atoms with Crippen LogP contribution in [0.25, 0.3) is 22.7 Å². The first kappa shape index (κ1) is 10.8. The van der Waals surface area contributed by atoms with Crippen LogP contribution in [0, 0.1) is 0 Å². The lowest BCUT2D eigenvalue weighted by molar-refractivity contribution is 1.37. The van der Waals surface area contributed by atoms with Crippen molar-refractivity contribution in [2.45, 2.75) is 6.92 Å². The second kappa shape index (κ2) is 4.90. The Hall–Kier alpha value is -1.67. The molecule has 0 spiro atoms. The van der Waals surface area contributed by atoms with Crippen molar-refractivity contribution in [1.82, 2.24) is 4.98 Å². The third kappa shape index (κ3) is 2.12. The van der Waals surface area contributed by atoms with Crippen molar-refractivity contribution in [2.24, 2.45) is 0 Å². The molecule has 0 bridgehead atoms. The highest BCUT2D eigenvalue weighted by atomic mass is 32.1. The molecule has 1 aromatic heterocycles. The van der Waals surface area contributed by atoms with E-state index in [0.717, 1.165) is 21.1 Å². The summed E-state index contributed by atoms with van der Waals surface area (Å²) in [5, 5.41) is 1.05. The summed E-state index contributed by atoms with van der Waals surface area (Å²) in [5.74, 6) is 0. The molecule has 1 aromatic carbocycles. The van der Waals surface area contributed by atoms with Crippen LogP contribution in [0.1, 0.15) is 17.5 Å². The van der Waals surface area contributed by atoms with E-state index < -0.39 is 0 Å². The molecule has 0 amide bonds. The second-order valence-electron chi connectivity index (χ2n) is 3.34. The first-order chi connectivity index (χ1) is 7.85. The van der Waals surface area contributed by atoms with Gasteiger partial charge in [-0.15, -0.1) is 11.3 Å². The minimum atomic E-state index is 0.960. The summed E-state index contributed by atoms with van der Waals surface area (Å²) in [4.78, 5) is 5.73. The number of thiazole rings is 1. The molecular weight excluding hydrogens is 214 g/mol. The minimum Gasteiger partial charge on any atom is -0.236 e. The van der Waals surface area contributed by atoms with E-state index in [1.54, 1.807) is 17.4 Å². The van der Waals surface area contributed by atoms with Gasteiger partial charge in [0.05, 0.1) is 10.6 Å². The Morgan fingerprint density at radius 2 is 2.00 bits per heavy atom. The van der Waals surface area contributed by atoms with E-state index in [2.05, 4.69) is 29.8 Å². The second-order valence-corrected chi connectivity index (χ2v) is 4.37. The predicted molar refractivity (Wildman–Crippen MR) is 72.3 cm³/mol. The van der Waals surface area contributed by atoms with Crippen molar-refractivity contribution >= 4 is 23.5 Å². The molecule has 0 unspecified atom stereocenters. The maximum atomic E-state index is 4.57. The SMILES string of the molecule is C=Cc1nc(-c2ccccc2)sc1/C=C\C. The largest absolute Gasteiger partial charge is 0.236 e. The molecule has 0 N–H and O–H groups in total. The fourth-order valence-electron chi connectivity index (χ4n) is 1.46. The van der Waals surface area contributed by atoms with Gasteiger partial charge in [0.1, 0.15) is 5.01 Å². The Morgan fingerprint density at radius 3 is 2.62 bits per heavy atom. The van der Waals surface area contributed by atoms with Gasteiger partial charge in [0.15, 0.2) is 0 Å². The molecule has 0 aliphatic carbocycles. The predicted octanol–water partition coefficient (Wildman–Crippen LogP) is 4.49. The Kier molecular flexibility index (Phi) is 3.32. The first-order valence-corrected chi connectivity index (χ1v) is 5.98. The maximum Gasteiger partial charge on any atom is 0.124 e. The summed E-state index contributed by atoms with van der Waals surface area (Å²) < 4.78 is 0. The lowest BCUT2D eigenvalue weighted by atomic mass is 10.2. The zero-order chi connectivity index (χ0) is 11.4. The van der Waals surface area contributed by atoms with Gasteiger partial charge in [0.25, 0.3) is 0 Å². The Balaban J connectivity index is 2.48. The molecule has 2 heteroatoms. The smallest absolute Gasteiger partial charge is 0.124 e. The first-order valence-electron chi connectivity index (χ1n) is 5.16. The monoisotopic (exact) mass is 227 g/mol. The van der Waals surface area contributed by atoms with E-state index in [9.17, 15) is 0 Å². The average molecular weight is 227 g/mol. The molecule has 16 heavy (non-hydrogen) atoms. The summed E-state index contributed by atoms with van der Waals surface area (Å²) in [5.41, 5.74) is 2.12. The Morgan fingerprint density at radius 1 is 1.25 bits per heavy atom. The maximum absolute atomic E-state index is 4.57. The lowest BCUT2D eigenvalue weighted by Crippen LogP contribution is -1.76. The van der Waals surface area contributed by atoms with Crippen LogP contribution in [0.4, 0.5) is 0 Å². The molecule has 2 rings (SSSR count). The minimum absolute atomic E-state index is 0.960. The molecule has 1 heterocycles. The van der Waals surface area contributed by atoms with Gasteiger partial charge in [0, 0.05) is 5.56 Å². The third-order valence-electron chi connectivity index (χ3n) is 2.21. The highest BCUT2D eigenvalue weighted by molar-refractivity contribution is 7.16. The highest BCUT2D eigenvalue weighted by Gasteiger charge is 2.07. The van der Waals surface area contributed by atoms with Crippen molar-refractivity contribution in [3.63, 3.8) is 0 Å². The average Bonchev–Trinajstić information content (AvgIpc) is 2.74. The van der Waals surface area contributed by atoms with Gasteiger partial charge in [-0.2, -0.15) is 0 Å². The van der Waals surface area contributed by atoms with Gasteiger partial charge in [0.2, 0.25) is 0 Å². The Labute approximate surface area is 99.8 Å². The molecule has 0 atom stereocenters. The van der Waals surface area contributed by atoms with E-state index >= 15 is 0 Å². The van der Waals surface area contributed by atoms with Crippen LogP contribution < -0.4 is 0 Å². The molecule has 0 radical (unpaired) electrons. The summed E-state index contributed by atoms with van der Waals surface area (Å²) >= 11 is 1.69. The summed E-state index contributed by atoms with van der Waals surface area (Å²) in [6, 6.07) is 10.2. The molecule has 0 aliphatic heterocycles. The van der Waals surface area contributed by atoms with Crippen LogP contribution in [0.5, 0.6) is 0 Å². The van der Waals surface area contributed by atoms with Crippen molar-refractivity contribution in [3.05, 3.63) is 53.6 Å². The molecule has 0 saturated heterocycles. The number of benzene rings is 1. The van der Waals surface area contributed by atoms with Gasteiger partial charge in [-0.25, -0.2) is 4.98 Å². The van der Waals surface area contributed by atoms with Crippen LogP contribution in [-0.4, -0.2) is 4.98 Å². The van der Waals surface area contributed by atoms with Gasteiger partial charge in [-0.3, -0.25) is 0 Å². The van der Waals surface area contributed by atoms with E-state index in [1.807, 2.05) is 31.2 Å².